The molecule has 3 rings (SSSR count). The molecule has 0 saturated carbocycles. The van der Waals surface area contributed by atoms with Crippen molar-refractivity contribution in [3.05, 3.63) is 41.1 Å². The Morgan fingerprint density at radius 2 is 2.00 bits per heavy atom. The van der Waals surface area contributed by atoms with Gasteiger partial charge in [-0.2, -0.15) is 0 Å². The van der Waals surface area contributed by atoms with Crippen LogP contribution in [0.4, 0.5) is 0 Å². The smallest absolute Gasteiger partial charge is 0.340 e. The fourth-order valence-electron chi connectivity index (χ4n) is 3.29. The van der Waals surface area contributed by atoms with E-state index in [9.17, 15) is 18.0 Å². The van der Waals surface area contributed by atoms with Crippen LogP contribution in [0, 0.1) is 13.8 Å². The summed E-state index contributed by atoms with van der Waals surface area (Å²) in [5, 5.41) is 3.48. The first kappa shape index (κ1) is 19.3. The number of sulfone groups is 1. The van der Waals surface area contributed by atoms with Gasteiger partial charge in [0.1, 0.15) is 0 Å². The van der Waals surface area contributed by atoms with E-state index in [-0.39, 0.29) is 11.5 Å². The fourth-order valence-corrected chi connectivity index (χ4v) is 5.38. The molecule has 1 N–H and O–H groups in total. The Kier molecular flexibility index (Phi) is 4.94. The third-order valence-corrected chi connectivity index (χ3v) is 6.56. The highest BCUT2D eigenvalue weighted by Crippen LogP contribution is 2.23. The van der Waals surface area contributed by atoms with Crippen LogP contribution in [0.1, 0.15) is 35.0 Å². The molecule has 0 unspecified atom stereocenters. The number of amides is 1. The van der Waals surface area contributed by atoms with Crippen LogP contribution in [0.5, 0.6) is 0 Å². The van der Waals surface area contributed by atoms with Crippen LogP contribution >= 0.6 is 0 Å². The number of nitrogens with zero attached hydrogens (tertiary/aromatic N) is 1. The largest absolute Gasteiger partial charge is 0.452 e. The normalized spacial score (nSPS) is 21.1. The van der Waals surface area contributed by atoms with Gasteiger partial charge >= 0.3 is 5.97 Å². The van der Waals surface area contributed by atoms with E-state index in [0.29, 0.717) is 17.7 Å². The van der Waals surface area contributed by atoms with Crippen LogP contribution in [0.15, 0.2) is 24.3 Å². The van der Waals surface area contributed by atoms with Crippen molar-refractivity contribution in [1.29, 1.82) is 0 Å². The number of esters is 1. The van der Waals surface area contributed by atoms with Gasteiger partial charge in [-0.1, -0.05) is 11.6 Å². The molecule has 1 aromatic heterocycles. The van der Waals surface area contributed by atoms with Gasteiger partial charge in [0, 0.05) is 5.39 Å². The summed E-state index contributed by atoms with van der Waals surface area (Å²) in [6, 6.07) is 7.46. The topological polar surface area (TPSA) is 102 Å². The Morgan fingerprint density at radius 3 is 2.67 bits per heavy atom. The number of fused-ring (bicyclic) bond motifs is 1. The molecule has 1 saturated heterocycles. The molecule has 0 spiro atoms. The number of pyridine rings is 1. The highest BCUT2D eigenvalue weighted by molar-refractivity contribution is 7.91. The molecular formula is C19H22N2O5S. The van der Waals surface area contributed by atoms with Gasteiger partial charge in [-0.3, -0.25) is 9.78 Å². The Hall–Kier alpha value is -2.48. The van der Waals surface area contributed by atoms with Crippen molar-refractivity contribution in [2.75, 3.05) is 18.1 Å². The molecule has 1 aromatic carbocycles. The predicted octanol–water partition coefficient (Wildman–Crippen LogP) is 1.70. The van der Waals surface area contributed by atoms with Crippen molar-refractivity contribution in [3.63, 3.8) is 0 Å². The lowest BCUT2D eigenvalue weighted by molar-refractivity contribution is -0.125. The number of rotatable bonds is 4. The molecule has 0 aliphatic carbocycles. The summed E-state index contributed by atoms with van der Waals surface area (Å²) in [7, 11) is -3.13. The van der Waals surface area contributed by atoms with E-state index in [2.05, 4.69) is 10.3 Å². The number of benzene rings is 1. The SMILES string of the molecule is Cc1ccc2nc(C)c(C(=O)OCC(=O)N[C@@]3(C)CCS(=O)(=O)C3)cc2c1. The molecule has 1 aliphatic heterocycles. The first-order valence-electron chi connectivity index (χ1n) is 8.63. The van der Waals surface area contributed by atoms with E-state index < -0.39 is 33.9 Å². The van der Waals surface area contributed by atoms with Gasteiger partial charge in [0.2, 0.25) is 0 Å². The third kappa shape index (κ3) is 4.44. The van der Waals surface area contributed by atoms with Gasteiger partial charge < -0.3 is 10.1 Å². The summed E-state index contributed by atoms with van der Waals surface area (Å²) in [5.74, 6) is -1.22. The highest BCUT2D eigenvalue weighted by Gasteiger charge is 2.39. The van der Waals surface area contributed by atoms with Crippen molar-refractivity contribution >= 4 is 32.6 Å². The molecule has 1 atom stereocenters. The number of nitrogens with one attached hydrogen (secondary N) is 1. The number of hydrogen-bond acceptors (Lipinski definition) is 6. The summed E-state index contributed by atoms with van der Waals surface area (Å²) >= 11 is 0. The maximum Gasteiger partial charge on any atom is 0.340 e. The highest BCUT2D eigenvalue weighted by atomic mass is 32.2. The van der Waals surface area contributed by atoms with Crippen LogP contribution in [-0.2, 0) is 19.4 Å². The van der Waals surface area contributed by atoms with Gasteiger partial charge in [0.15, 0.2) is 16.4 Å². The molecule has 0 bridgehead atoms. The second-order valence-electron chi connectivity index (χ2n) is 7.34. The molecule has 2 heterocycles. The summed E-state index contributed by atoms with van der Waals surface area (Å²) in [6.07, 6.45) is 0.349. The molecular weight excluding hydrogens is 368 g/mol. The van der Waals surface area contributed by atoms with E-state index >= 15 is 0 Å². The molecule has 144 valence electrons. The lowest BCUT2D eigenvalue weighted by Crippen LogP contribution is -2.48. The minimum atomic E-state index is -3.13. The van der Waals surface area contributed by atoms with Gasteiger partial charge in [-0.05, 0) is 45.4 Å². The Balaban J connectivity index is 1.66. The average molecular weight is 390 g/mol. The quantitative estimate of drug-likeness (QED) is 0.797. The molecule has 0 radical (unpaired) electrons. The number of ether oxygens (including phenoxy) is 1. The zero-order valence-electron chi connectivity index (χ0n) is 15.5. The number of aryl methyl sites for hydroxylation is 2. The van der Waals surface area contributed by atoms with Crippen LogP contribution in [-0.4, -0.2) is 48.9 Å². The second-order valence-corrected chi connectivity index (χ2v) is 9.53. The first-order chi connectivity index (χ1) is 12.6. The molecule has 1 fully saturated rings. The number of carbonyl (C=O) groups is 2. The maximum absolute atomic E-state index is 12.4. The van der Waals surface area contributed by atoms with E-state index in [0.717, 1.165) is 16.5 Å². The maximum atomic E-state index is 12.4. The van der Waals surface area contributed by atoms with Crippen molar-refractivity contribution in [2.24, 2.45) is 0 Å². The van der Waals surface area contributed by atoms with Crippen molar-refractivity contribution in [3.8, 4) is 0 Å². The van der Waals surface area contributed by atoms with E-state index in [1.807, 2.05) is 25.1 Å². The molecule has 27 heavy (non-hydrogen) atoms. The van der Waals surface area contributed by atoms with Crippen molar-refractivity contribution in [1.82, 2.24) is 10.3 Å². The monoisotopic (exact) mass is 390 g/mol. The third-order valence-electron chi connectivity index (χ3n) is 4.66. The summed E-state index contributed by atoms with van der Waals surface area (Å²) < 4.78 is 28.3. The molecule has 7 nitrogen and oxygen atoms in total. The second kappa shape index (κ2) is 6.92. The molecule has 1 aliphatic rings. The summed E-state index contributed by atoms with van der Waals surface area (Å²) in [5.41, 5.74) is 1.83. The Morgan fingerprint density at radius 1 is 1.26 bits per heavy atom. The lowest BCUT2D eigenvalue weighted by atomic mass is 10.0. The fraction of sp³-hybridized carbons (Fsp3) is 0.421. The minimum absolute atomic E-state index is 0.0466. The number of carbonyl (C=O) groups excluding carboxylic acids is 2. The van der Waals surface area contributed by atoms with E-state index in [4.69, 9.17) is 4.74 Å². The Bertz CT molecular complexity index is 1030. The van der Waals surface area contributed by atoms with Gasteiger partial charge in [0.25, 0.3) is 5.91 Å². The van der Waals surface area contributed by atoms with Crippen molar-refractivity contribution in [2.45, 2.75) is 32.7 Å². The number of hydrogen-bond donors (Lipinski definition) is 1. The van der Waals surface area contributed by atoms with Gasteiger partial charge in [-0.25, -0.2) is 13.2 Å². The van der Waals surface area contributed by atoms with Gasteiger partial charge in [-0.15, -0.1) is 0 Å². The predicted molar refractivity (Wildman–Crippen MR) is 101 cm³/mol. The van der Waals surface area contributed by atoms with Gasteiger partial charge in [0.05, 0.1) is 33.8 Å². The van der Waals surface area contributed by atoms with E-state index in [1.54, 1.807) is 19.9 Å². The van der Waals surface area contributed by atoms with Crippen molar-refractivity contribution < 1.29 is 22.7 Å². The van der Waals surface area contributed by atoms with Crippen LogP contribution in [0.2, 0.25) is 0 Å². The van der Waals surface area contributed by atoms with E-state index in [1.165, 1.54) is 0 Å². The number of aromatic nitrogens is 1. The lowest BCUT2D eigenvalue weighted by Gasteiger charge is -2.23. The molecule has 1 amide bonds. The van der Waals surface area contributed by atoms with Crippen LogP contribution in [0.25, 0.3) is 10.9 Å². The summed E-state index contributed by atoms with van der Waals surface area (Å²) in [4.78, 5) is 28.9. The first-order valence-corrected chi connectivity index (χ1v) is 10.5. The standard InChI is InChI=1S/C19H22N2O5S/c1-12-4-5-16-14(8-12)9-15(13(2)20-16)18(23)26-10-17(22)21-19(3)6-7-27(24,25)11-19/h4-5,8-9H,6-7,10-11H2,1-3H3,(H,21,22)/t19-/m0/s1. The van der Waals surface area contributed by atoms with Crippen LogP contribution < -0.4 is 5.32 Å². The average Bonchev–Trinajstić information content (AvgIpc) is 2.85. The molecule has 2 aromatic rings. The molecule has 8 heteroatoms. The summed E-state index contributed by atoms with van der Waals surface area (Å²) in [6.45, 7) is 4.86. The Labute approximate surface area is 158 Å². The minimum Gasteiger partial charge on any atom is -0.452 e. The zero-order valence-corrected chi connectivity index (χ0v) is 16.4. The zero-order chi connectivity index (χ0) is 19.8. The van der Waals surface area contributed by atoms with Crippen LogP contribution in [0.3, 0.4) is 0 Å².